The van der Waals surface area contributed by atoms with Crippen molar-refractivity contribution in [3.8, 4) is 6.07 Å². The highest BCUT2D eigenvalue weighted by atomic mass is 31.2. The van der Waals surface area contributed by atoms with Crippen LogP contribution in [0.15, 0.2) is 23.6 Å². The number of ether oxygens (including phenoxy) is 2. The molecule has 10 atom stereocenters. The first-order valence-electron chi connectivity index (χ1n) is 13.2. The second-order valence-corrected chi connectivity index (χ2v) is 13.1. The lowest BCUT2D eigenvalue weighted by Crippen LogP contribution is -2.36. The molecular weight excluding hydrogens is 658 g/mol. The third-order valence-corrected chi connectivity index (χ3v) is 9.85. The van der Waals surface area contributed by atoms with Crippen molar-refractivity contribution < 1.29 is 52.8 Å². The second kappa shape index (κ2) is 12.1. The predicted octanol–water partition coefficient (Wildman–Crippen LogP) is -2.55. The Morgan fingerprint density at radius 1 is 1.07 bits per heavy atom. The van der Waals surface area contributed by atoms with Gasteiger partial charge >= 0.3 is 15.9 Å². The van der Waals surface area contributed by atoms with Gasteiger partial charge in [0.1, 0.15) is 60.0 Å². The minimum Gasteiger partial charge on any atom is -0.389 e. The van der Waals surface area contributed by atoms with E-state index in [-0.39, 0.29) is 39.5 Å². The summed E-state index contributed by atoms with van der Waals surface area (Å²) in [5.74, 6) is -0.326. The number of anilines is 2. The Balaban J connectivity index is 1.27. The average molecular weight is 684 g/mol. The molecule has 6 heterocycles. The maximum atomic E-state index is 13.8. The van der Waals surface area contributed by atoms with Gasteiger partial charge < -0.3 is 59.7 Å². The fourth-order valence-corrected chi connectivity index (χ4v) is 7.44. The largest absolute Gasteiger partial charge is 0.389 e. The number of aliphatic hydroxyl groups excluding tert-OH is 3. The number of nitrogens with two attached hydrogens (primary N) is 2. The van der Waals surface area contributed by atoms with Crippen LogP contribution in [0.25, 0.3) is 22.2 Å². The van der Waals surface area contributed by atoms with Crippen LogP contribution in [0.4, 0.5) is 11.8 Å². The lowest BCUT2D eigenvalue weighted by atomic mass is 10.1. The van der Waals surface area contributed by atoms with Gasteiger partial charge in [0.25, 0.3) is 5.56 Å². The number of aromatic amines is 1. The summed E-state index contributed by atoms with van der Waals surface area (Å²) in [6.07, 6.45) is -7.51. The molecule has 246 valence electrons. The van der Waals surface area contributed by atoms with Crippen molar-refractivity contribution in [2.24, 2.45) is 0 Å². The van der Waals surface area contributed by atoms with Crippen molar-refractivity contribution >= 4 is 49.8 Å². The van der Waals surface area contributed by atoms with Crippen LogP contribution < -0.4 is 17.0 Å². The summed E-state index contributed by atoms with van der Waals surface area (Å²) in [6, 6.07) is 1.94. The number of fused-ring (bicyclic) bond motifs is 2. The SMILES string of the molecule is N#Cc1cn([C@@H]2O[C@H](COP(=O)(O)[C@@H]3[C@H](O)[C@@H](CO[PH](=O)O)O[C@H]3n3cnc4c(=O)[nH]c(N)nc43)[C@@H](O)[C@H]2O)c2ncnc(N)c12. The summed E-state index contributed by atoms with van der Waals surface area (Å²) < 4.78 is 48.8. The van der Waals surface area contributed by atoms with E-state index < -0.39 is 83.3 Å². The van der Waals surface area contributed by atoms with Gasteiger partial charge in [-0.05, 0) is 0 Å². The number of nitrogens with zero attached hydrogens (tertiary/aromatic N) is 7. The van der Waals surface area contributed by atoms with Crippen LogP contribution in [0, 0.1) is 11.3 Å². The third-order valence-electron chi connectivity index (χ3n) is 7.60. The standard InChI is InChI=1S/C22H26N10O12P2/c23-1-7-2-31(17-10(7)16(24)26-5-27-17)20-14(35)12(33)9(43-20)4-42-46(39,40)15-13(34)8(3-41-45(37)38)44-21(15)32-6-28-11-18(32)29-22(25)30-19(11)36/h2,5-6,8-9,12-15,20-21,33-35,45H,3-4H2,(H,37,38)(H,39,40)(H2,24,26,27)(H3,25,29,30,36)/t8-,9-,12-,13-,14-,15-,20-,21-/m1/s1. The molecule has 22 nitrogen and oxygen atoms in total. The third kappa shape index (κ3) is 5.46. The number of rotatable bonds is 9. The maximum Gasteiger partial charge on any atom is 0.338 e. The van der Waals surface area contributed by atoms with Gasteiger partial charge in [-0.15, -0.1) is 0 Å². The van der Waals surface area contributed by atoms with Crippen LogP contribution >= 0.6 is 15.9 Å². The predicted molar refractivity (Wildman–Crippen MR) is 152 cm³/mol. The lowest BCUT2D eigenvalue weighted by molar-refractivity contribution is -0.0492. The summed E-state index contributed by atoms with van der Waals surface area (Å²) in [5.41, 5.74) is 8.76. The van der Waals surface area contributed by atoms with Crippen LogP contribution in [-0.2, 0) is 27.7 Å². The molecule has 10 N–H and O–H groups in total. The molecule has 2 aliphatic heterocycles. The number of imidazole rings is 1. The van der Waals surface area contributed by atoms with E-state index in [1.165, 1.54) is 10.8 Å². The molecular formula is C22H26N10O12P2. The highest BCUT2D eigenvalue weighted by Crippen LogP contribution is 2.57. The Labute approximate surface area is 256 Å². The van der Waals surface area contributed by atoms with Gasteiger partial charge in [-0.25, -0.2) is 15.0 Å². The van der Waals surface area contributed by atoms with Crippen molar-refractivity contribution in [2.75, 3.05) is 24.7 Å². The van der Waals surface area contributed by atoms with E-state index in [1.54, 1.807) is 0 Å². The van der Waals surface area contributed by atoms with Crippen molar-refractivity contribution in [1.82, 2.24) is 34.1 Å². The molecule has 24 heteroatoms. The smallest absolute Gasteiger partial charge is 0.338 e. The van der Waals surface area contributed by atoms with E-state index in [9.17, 15) is 39.4 Å². The molecule has 0 saturated carbocycles. The van der Waals surface area contributed by atoms with Gasteiger partial charge in [-0.2, -0.15) is 10.2 Å². The van der Waals surface area contributed by atoms with E-state index in [1.807, 2.05) is 6.07 Å². The van der Waals surface area contributed by atoms with Gasteiger partial charge in [0.2, 0.25) is 5.95 Å². The van der Waals surface area contributed by atoms with Crippen LogP contribution in [0.3, 0.4) is 0 Å². The second-order valence-electron chi connectivity index (χ2n) is 10.3. The van der Waals surface area contributed by atoms with E-state index in [0.29, 0.717) is 0 Å². The van der Waals surface area contributed by atoms with Crippen molar-refractivity contribution in [3.63, 3.8) is 0 Å². The number of nitrogen functional groups attached to an aromatic ring is 2. The topological polar surface area (TPSA) is 342 Å². The Morgan fingerprint density at radius 3 is 2.50 bits per heavy atom. The van der Waals surface area contributed by atoms with E-state index in [4.69, 9.17) is 30.4 Å². The zero-order chi connectivity index (χ0) is 33.1. The quantitative estimate of drug-likeness (QED) is 0.0841. The van der Waals surface area contributed by atoms with E-state index in [0.717, 1.165) is 17.2 Å². The molecule has 0 spiro atoms. The first kappa shape index (κ1) is 32.1. The van der Waals surface area contributed by atoms with Gasteiger partial charge in [0.05, 0.1) is 30.5 Å². The number of aliphatic hydroxyl groups is 3. The maximum absolute atomic E-state index is 13.8. The molecule has 0 amide bonds. The zero-order valence-electron chi connectivity index (χ0n) is 23.1. The number of aromatic nitrogens is 7. The molecule has 4 aromatic heterocycles. The zero-order valence-corrected chi connectivity index (χ0v) is 25.0. The minimum atomic E-state index is -5.03. The van der Waals surface area contributed by atoms with Crippen molar-refractivity contribution in [2.45, 2.75) is 48.6 Å². The van der Waals surface area contributed by atoms with Gasteiger partial charge in [0, 0.05) is 6.20 Å². The molecule has 2 aliphatic rings. The first-order chi connectivity index (χ1) is 21.8. The number of hydrogen-bond donors (Lipinski definition) is 8. The van der Waals surface area contributed by atoms with Gasteiger partial charge in [-0.3, -0.25) is 23.5 Å². The molecule has 0 aliphatic carbocycles. The summed E-state index contributed by atoms with van der Waals surface area (Å²) in [6.45, 7) is -1.48. The molecule has 0 bridgehead atoms. The Kier molecular flexibility index (Phi) is 8.43. The highest BCUT2D eigenvalue weighted by molar-refractivity contribution is 7.53. The summed E-state index contributed by atoms with van der Waals surface area (Å²) in [5, 5.41) is 42.4. The molecule has 2 unspecified atom stereocenters. The van der Waals surface area contributed by atoms with Crippen LogP contribution in [0.1, 0.15) is 18.0 Å². The van der Waals surface area contributed by atoms with Gasteiger partial charge in [0.15, 0.2) is 23.6 Å². The molecule has 0 radical (unpaired) electrons. The molecule has 2 saturated heterocycles. The Bertz CT molecular complexity index is 1980. The monoisotopic (exact) mass is 684 g/mol. The number of hydrogen-bond acceptors (Lipinski definition) is 17. The van der Waals surface area contributed by atoms with E-state index in [2.05, 4.69) is 29.4 Å². The Hall–Kier alpha value is -3.84. The summed E-state index contributed by atoms with van der Waals surface area (Å²) in [4.78, 5) is 50.7. The van der Waals surface area contributed by atoms with Crippen molar-refractivity contribution in [1.29, 1.82) is 5.26 Å². The molecule has 46 heavy (non-hydrogen) atoms. The van der Waals surface area contributed by atoms with Crippen molar-refractivity contribution in [3.05, 3.63) is 34.8 Å². The summed E-state index contributed by atoms with van der Waals surface area (Å²) >= 11 is 0. The minimum absolute atomic E-state index is 0.00956. The highest BCUT2D eigenvalue weighted by Gasteiger charge is 2.56. The molecule has 6 rings (SSSR count). The summed E-state index contributed by atoms with van der Waals surface area (Å²) in [7, 11) is -8.52. The van der Waals surface area contributed by atoms with Crippen LogP contribution in [0.2, 0.25) is 0 Å². The normalized spacial score (nSPS) is 30.1. The Morgan fingerprint density at radius 2 is 1.78 bits per heavy atom. The number of nitriles is 1. The van der Waals surface area contributed by atoms with Gasteiger partial charge in [-0.1, -0.05) is 0 Å². The first-order valence-corrected chi connectivity index (χ1v) is 16.1. The number of H-pyrrole nitrogens is 1. The van der Waals surface area contributed by atoms with E-state index >= 15 is 0 Å². The fourth-order valence-electron chi connectivity index (χ4n) is 5.48. The van der Waals surface area contributed by atoms with Crippen LogP contribution in [0.5, 0.6) is 0 Å². The van der Waals surface area contributed by atoms with Crippen LogP contribution in [-0.4, -0.2) is 109 Å². The molecule has 0 aromatic carbocycles. The lowest BCUT2D eigenvalue weighted by Gasteiger charge is -2.27. The molecule has 2 fully saturated rings. The molecule has 4 aromatic rings. The average Bonchev–Trinajstić information content (AvgIpc) is 3.74. The fraction of sp³-hybridized carbons (Fsp3) is 0.455. The number of nitrogens with one attached hydrogen (secondary N) is 1.